The van der Waals surface area contributed by atoms with Gasteiger partial charge in [-0.2, -0.15) is 0 Å². The number of nitrogens with zero attached hydrogens (tertiary/aromatic N) is 4. The first-order valence-electron chi connectivity index (χ1n) is 31.6. The molecule has 3 aromatic carbocycles. The maximum Gasteiger partial charge on any atom is 0.328 e. The third-order valence-electron chi connectivity index (χ3n) is 16.0. The van der Waals surface area contributed by atoms with E-state index in [1.165, 1.54) is 24.3 Å². The average molecular weight is 1410 g/mol. The highest BCUT2D eigenvalue weighted by Gasteiger charge is 2.39. The smallest absolute Gasteiger partial charge is 0.328 e. The molecule has 0 spiro atoms. The van der Waals surface area contributed by atoms with Gasteiger partial charge in [0.1, 0.15) is 36.0 Å². The normalized spacial score (nSPS) is 21.8. The van der Waals surface area contributed by atoms with Crippen LogP contribution in [0.1, 0.15) is 49.8 Å². The van der Waals surface area contributed by atoms with Crippen molar-refractivity contribution >= 4 is 104 Å². The summed E-state index contributed by atoms with van der Waals surface area (Å²) in [6, 6.07) is 10.6. The molecule has 3 heterocycles. The first-order valence-corrected chi connectivity index (χ1v) is 33.9. The summed E-state index contributed by atoms with van der Waals surface area (Å²) in [6.45, 7) is 0.994. The molecule has 2 fully saturated rings. The Morgan fingerprint density at radius 1 is 0.582 bits per heavy atom. The van der Waals surface area contributed by atoms with E-state index in [1.54, 1.807) is 80.4 Å². The molecule has 0 bridgehead atoms. The number of hydrogen-bond donors (Lipinski definition) is 17. The molecule has 6 rings (SSSR count). The maximum atomic E-state index is 15.4. The molecule has 8 amide bonds. The predicted molar refractivity (Wildman–Crippen MR) is 357 cm³/mol. The van der Waals surface area contributed by atoms with Crippen LogP contribution in [0, 0.1) is 0 Å². The fraction of sp³-hybridized carbons (Fsp3) is 0.492. The quantitative estimate of drug-likeness (QED) is 0.0215. The topological polar surface area (TPSA) is 497 Å². The van der Waals surface area contributed by atoms with Crippen LogP contribution in [0.15, 0.2) is 85.1 Å². The molecule has 2 saturated heterocycles. The number of H-pyrrole nitrogens is 1. The van der Waals surface area contributed by atoms with Gasteiger partial charge in [-0.1, -0.05) is 82.3 Å². The second-order valence-electron chi connectivity index (χ2n) is 23.8. The number of carbonyl (C=O) groups is 12. The van der Waals surface area contributed by atoms with E-state index in [0.717, 1.165) is 13.8 Å². The Labute approximate surface area is 571 Å². The highest BCUT2D eigenvalue weighted by atomic mass is 33.1. The van der Waals surface area contributed by atoms with Gasteiger partial charge in [-0.3, -0.25) is 72.3 Å². The lowest BCUT2D eigenvalue weighted by Crippen LogP contribution is -2.62. The number of para-hydroxylation sites is 1. The average Bonchev–Trinajstić information content (AvgIpc) is 1.59. The number of aromatic amines is 1. The van der Waals surface area contributed by atoms with Gasteiger partial charge < -0.3 is 89.0 Å². The summed E-state index contributed by atoms with van der Waals surface area (Å²) in [5.41, 5.74) is 7.83. The van der Waals surface area contributed by atoms with Crippen LogP contribution in [-0.4, -0.2) is 276 Å². The number of hydrogen-bond acceptors (Lipinski definition) is 22. The first kappa shape index (κ1) is 78.1. The monoisotopic (exact) mass is 1410 g/mol. The van der Waals surface area contributed by atoms with Crippen molar-refractivity contribution in [3.63, 3.8) is 0 Å². The van der Waals surface area contributed by atoms with Gasteiger partial charge in [-0.25, -0.2) is 4.79 Å². The molecule has 18 N–H and O–H groups in total. The van der Waals surface area contributed by atoms with E-state index in [2.05, 4.69) is 47.5 Å². The zero-order valence-corrected chi connectivity index (χ0v) is 55.6. The van der Waals surface area contributed by atoms with Crippen LogP contribution in [0.3, 0.4) is 0 Å². The van der Waals surface area contributed by atoms with Crippen molar-refractivity contribution in [1.29, 1.82) is 0 Å². The largest absolute Gasteiger partial charge is 0.508 e. The fourth-order valence-corrected chi connectivity index (χ4v) is 13.1. The van der Waals surface area contributed by atoms with Crippen molar-refractivity contribution in [2.75, 3.05) is 85.1 Å². The molecule has 0 unspecified atom stereocenters. The second-order valence-corrected chi connectivity index (χ2v) is 26.2. The minimum atomic E-state index is -2.04. The molecule has 0 radical (unpaired) electrons. The van der Waals surface area contributed by atoms with Gasteiger partial charge in [0.15, 0.2) is 16.8 Å². The lowest BCUT2D eigenvalue weighted by atomic mass is 10.0. The molecule has 33 nitrogen and oxygen atoms in total. The van der Waals surface area contributed by atoms with Crippen molar-refractivity contribution in [3.05, 3.63) is 102 Å². The van der Waals surface area contributed by atoms with Gasteiger partial charge in [-0.05, 0) is 74.5 Å². The van der Waals surface area contributed by atoms with E-state index in [4.69, 9.17) is 5.73 Å². The second kappa shape index (κ2) is 38.9. The van der Waals surface area contributed by atoms with E-state index < -0.39 is 157 Å². The number of phenols is 1. The van der Waals surface area contributed by atoms with Crippen LogP contribution in [0.4, 0.5) is 0 Å². The number of aliphatic hydroxyl groups is 2. The number of aromatic nitrogens is 1. The van der Waals surface area contributed by atoms with Crippen molar-refractivity contribution in [2.45, 2.75) is 112 Å². The van der Waals surface area contributed by atoms with E-state index in [0.29, 0.717) is 55.6 Å². The molecule has 4 aromatic rings. The standard InChI is InChI=1S/C63H86N14O19S2/c1-36(78)52-58(92)73-62(60(94)71-53(37(2)79)63(95)96)98-97-61(72-57(91)45(28-38-10-4-3-5-11-38)66-48(81)32-74-20-22-75(33-49(82)83)24-26-77(35-51(86)87)27-25-76(23-21-74)34-50(84)85)59(93)69-46(29-39-15-17-41(80)18-16-39)55(89)68-47(30-40-31-65-43-13-7-6-12-42(40)43)56(90)67-44(54(88)70-52)14-8-9-19-64/h3-7,10-13,15-18,31,36-37,44-47,52-53,61-62,65,78-80H,8-9,14,19-30,32-35,64H2,1-2H3,(H,66,81)(H,67,90)(H,68,89)(H,69,93)(H,70,88)(H,71,94)(H,72,91)(H,73,92)(H,82,83)(H,84,85)(H,86,87)(H,95,96)/t36-,37-,44-,45+,46-,47+,52-,53+,61+,62+/m1/s1. The van der Waals surface area contributed by atoms with Gasteiger partial charge in [-0.15, -0.1) is 0 Å². The highest BCUT2D eigenvalue weighted by molar-refractivity contribution is 8.77. The van der Waals surface area contributed by atoms with E-state index >= 15 is 14.4 Å². The molecule has 0 aliphatic carbocycles. The van der Waals surface area contributed by atoms with Crippen molar-refractivity contribution in [1.82, 2.24) is 67.1 Å². The number of benzene rings is 3. The van der Waals surface area contributed by atoms with Crippen LogP contribution in [0.25, 0.3) is 10.9 Å². The molecule has 98 heavy (non-hydrogen) atoms. The first-order chi connectivity index (χ1) is 46.7. The lowest BCUT2D eigenvalue weighted by molar-refractivity contribution is -0.145. The number of aliphatic carboxylic acids is 4. The number of carbonyl (C=O) groups excluding carboxylic acids is 8. The van der Waals surface area contributed by atoms with E-state index in [1.807, 2.05) is 0 Å². The minimum absolute atomic E-state index is 0.00926. The zero-order valence-electron chi connectivity index (χ0n) is 54.0. The van der Waals surface area contributed by atoms with Crippen molar-refractivity contribution < 1.29 is 93.3 Å². The number of nitrogens with one attached hydrogen (secondary N) is 9. The molecule has 35 heteroatoms. The minimum Gasteiger partial charge on any atom is -0.508 e. The molecule has 10 atom stereocenters. The Hall–Kier alpha value is -8.94. The van der Waals surface area contributed by atoms with Crippen LogP contribution in [0.5, 0.6) is 5.75 Å². The number of amides is 8. The van der Waals surface area contributed by atoms with Gasteiger partial charge in [0, 0.05) is 88.7 Å². The molecular weight excluding hydrogens is 1320 g/mol. The zero-order chi connectivity index (χ0) is 71.6. The SMILES string of the molecule is C[C@@H](O)[C@H](NC(=O)[C@H]1NC(=O)[C@@H]([C@@H](C)O)NC(=O)[C@@H](CCCCN)NC(=O)[C@H](Cc2c[nH]c3ccccc23)NC(=O)[C@@H](Cc2ccc(O)cc2)NC(=O)[C@@H](NC(=O)[C@H](Cc2ccccc2)NC(=O)CN2CCN(CC(=O)O)CCN(CC(=O)O)CCN(CC(=O)O)CC2)SS1)C(=O)O. The Morgan fingerprint density at radius 2 is 1.10 bits per heavy atom. The Morgan fingerprint density at radius 3 is 1.64 bits per heavy atom. The summed E-state index contributed by atoms with van der Waals surface area (Å²) in [6.07, 6.45) is -2.23. The van der Waals surface area contributed by atoms with Crippen molar-refractivity contribution in [3.8, 4) is 5.75 Å². The van der Waals surface area contributed by atoms with Gasteiger partial charge in [0.25, 0.3) is 11.8 Å². The van der Waals surface area contributed by atoms with E-state index in [-0.39, 0.29) is 96.8 Å². The van der Waals surface area contributed by atoms with Crippen LogP contribution in [-0.2, 0) is 76.8 Å². The molecular formula is C63H86N14O19S2. The summed E-state index contributed by atoms with van der Waals surface area (Å²) in [5, 5.41) is 88.0. The number of carboxylic acid groups (broad SMARTS) is 4. The van der Waals surface area contributed by atoms with Gasteiger partial charge >= 0.3 is 23.9 Å². The van der Waals surface area contributed by atoms with Crippen LogP contribution < -0.4 is 48.3 Å². The van der Waals surface area contributed by atoms with Crippen LogP contribution >= 0.6 is 21.6 Å². The Kier molecular flexibility index (Phi) is 31.0. The van der Waals surface area contributed by atoms with Crippen molar-refractivity contribution in [2.24, 2.45) is 5.73 Å². The molecule has 1 aromatic heterocycles. The summed E-state index contributed by atoms with van der Waals surface area (Å²) in [5.74, 6) is -14.0. The number of nitrogens with two attached hydrogens (primary N) is 1. The molecule has 534 valence electrons. The van der Waals surface area contributed by atoms with Crippen LogP contribution in [0.2, 0.25) is 0 Å². The number of fused-ring (bicyclic) bond motifs is 1. The predicted octanol–water partition coefficient (Wildman–Crippen LogP) is -3.46. The molecule has 2 aliphatic rings. The summed E-state index contributed by atoms with van der Waals surface area (Å²) >= 11 is 0. The van der Waals surface area contributed by atoms with E-state index in [9.17, 15) is 78.9 Å². The van der Waals surface area contributed by atoms with Gasteiger partial charge in [0.2, 0.25) is 35.4 Å². The molecule has 2 aliphatic heterocycles. The number of aliphatic hydroxyl groups excluding tert-OH is 2. The summed E-state index contributed by atoms with van der Waals surface area (Å²) in [7, 11) is 0.697. The third kappa shape index (κ3) is 25.5. The third-order valence-corrected chi connectivity index (χ3v) is 18.7. The number of aromatic hydroxyl groups is 1. The number of unbranched alkanes of at least 4 members (excludes halogenated alkanes) is 1. The van der Waals surface area contributed by atoms with Gasteiger partial charge in [0.05, 0.1) is 38.4 Å². The number of carboxylic acids is 4. The summed E-state index contributed by atoms with van der Waals surface area (Å²) in [4.78, 5) is 176. The summed E-state index contributed by atoms with van der Waals surface area (Å²) < 4.78 is 0. The Balaban J connectivity index is 1.43. The number of rotatable bonds is 26. The highest BCUT2D eigenvalue weighted by Crippen LogP contribution is 2.31. The molecule has 0 saturated carbocycles. The number of phenolic OH excluding ortho intramolecular Hbond substituents is 1. The fourth-order valence-electron chi connectivity index (χ4n) is 10.8. The lowest BCUT2D eigenvalue weighted by Gasteiger charge is -2.33. The maximum absolute atomic E-state index is 15.4. The Bertz CT molecular complexity index is 3370.